The van der Waals surface area contributed by atoms with Crippen molar-refractivity contribution in [1.29, 1.82) is 0 Å². The van der Waals surface area contributed by atoms with E-state index in [1.165, 1.54) is 0 Å². The Kier molecular flexibility index (Phi) is 3.62. The van der Waals surface area contributed by atoms with Crippen LogP contribution in [-0.2, 0) is 0 Å². The predicted molar refractivity (Wildman–Crippen MR) is 78.4 cm³/mol. The van der Waals surface area contributed by atoms with E-state index in [1.54, 1.807) is 25.3 Å². The summed E-state index contributed by atoms with van der Waals surface area (Å²) < 4.78 is 5.24. The fraction of sp³-hybridized carbons (Fsp3) is 0.333. The van der Waals surface area contributed by atoms with Crippen LogP contribution < -0.4 is 10.1 Å². The number of pyridine rings is 1. The van der Waals surface area contributed by atoms with Crippen molar-refractivity contribution in [1.82, 2.24) is 10.3 Å². The van der Waals surface area contributed by atoms with Gasteiger partial charge in [-0.3, -0.25) is 4.79 Å². The van der Waals surface area contributed by atoms with Gasteiger partial charge < -0.3 is 10.1 Å². The Morgan fingerprint density at radius 2 is 2.29 bits per heavy atom. The molecule has 21 heavy (non-hydrogen) atoms. The summed E-state index contributed by atoms with van der Waals surface area (Å²) >= 11 is 0. The Morgan fingerprint density at radius 1 is 1.43 bits per heavy atom. The molecule has 0 bridgehead atoms. The Bertz CT molecular complexity index is 709. The molecule has 1 saturated heterocycles. The van der Waals surface area contributed by atoms with Gasteiger partial charge in [-0.2, -0.15) is 0 Å². The minimum absolute atomic E-state index is 0.188. The molecule has 1 aromatic heterocycles. The Morgan fingerprint density at radius 3 is 2.95 bits per heavy atom. The maximum absolute atomic E-state index is 11.4. The van der Waals surface area contributed by atoms with Crippen molar-refractivity contribution < 1.29 is 9.53 Å². The van der Waals surface area contributed by atoms with Crippen LogP contribution in [0.2, 0.25) is 0 Å². The average molecular weight is 285 g/mol. The molecule has 0 saturated carbocycles. The van der Waals surface area contributed by atoms with Crippen molar-refractivity contribution in [3.63, 3.8) is 0 Å². The Hall–Kier alpha value is -2.34. The monoisotopic (exact) mass is 285 g/mol. The molecular formula is C15H15N3O3. The number of aromatic nitrogens is 1. The first-order valence-electron chi connectivity index (χ1n) is 6.82. The zero-order chi connectivity index (χ0) is 14.8. The van der Waals surface area contributed by atoms with Crippen molar-refractivity contribution in [2.45, 2.75) is 18.9 Å². The standard InChI is InChI=1S/C15H15N3O3/c1-21-13-8-10-7-9(15(19)18-20)4-5-11(10)14(17-13)12-3-2-6-16-12/h4-5,7-8,12,16H,2-3,6H2,1H3. The highest BCUT2D eigenvalue weighted by molar-refractivity contribution is 5.99. The molecule has 1 aliphatic heterocycles. The fourth-order valence-corrected chi connectivity index (χ4v) is 2.73. The molecule has 0 radical (unpaired) electrons. The minimum atomic E-state index is -0.770. The van der Waals surface area contributed by atoms with E-state index in [0.717, 1.165) is 35.9 Å². The molecule has 2 heterocycles. The molecule has 6 nitrogen and oxygen atoms in total. The first-order chi connectivity index (χ1) is 10.2. The van der Waals surface area contributed by atoms with Gasteiger partial charge in [-0.05, 0) is 36.9 Å². The molecule has 1 aliphatic rings. The van der Waals surface area contributed by atoms with E-state index < -0.39 is 5.91 Å². The number of hydrogen-bond acceptors (Lipinski definition) is 5. The lowest BCUT2D eigenvalue weighted by Gasteiger charge is -2.14. The van der Waals surface area contributed by atoms with Crippen LogP contribution in [0, 0.1) is 4.91 Å². The van der Waals surface area contributed by atoms with Crippen molar-refractivity contribution >= 4 is 16.7 Å². The molecule has 1 aromatic carbocycles. The molecule has 1 amide bonds. The van der Waals surface area contributed by atoms with E-state index in [4.69, 9.17) is 4.74 Å². The van der Waals surface area contributed by atoms with Crippen LogP contribution in [0.15, 0.2) is 29.4 Å². The zero-order valence-corrected chi connectivity index (χ0v) is 11.6. The Labute approximate surface area is 121 Å². The third-order valence-electron chi connectivity index (χ3n) is 3.77. The lowest BCUT2D eigenvalue weighted by atomic mass is 10.0. The molecule has 108 valence electrons. The summed E-state index contributed by atoms with van der Waals surface area (Å²) in [5.41, 5.74) is 1.19. The summed E-state index contributed by atoms with van der Waals surface area (Å²) in [5.74, 6) is -0.275. The second kappa shape index (κ2) is 5.57. The molecule has 1 unspecified atom stereocenters. The zero-order valence-electron chi connectivity index (χ0n) is 11.6. The van der Waals surface area contributed by atoms with Gasteiger partial charge in [0, 0.05) is 22.2 Å². The van der Waals surface area contributed by atoms with E-state index in [0.29, 0.717) is 5.88 Å². The number of methoxy groups -OCH3 is 1. The summed E-state index contributed by atoms with van der Waals surface area (Å²) in [6, 6.07) is 7.03. The van der Waals surface area contributed by atoms with Gasteiger partial charge in [0.25, 0.3) is 0 Å². The van der Waals surface area contributed by atoms with Crippen LogP contribution >= 0.6 is 0 Å². The number of benzene rings is 1. The van der Waals surface area contributed by atoms with Crippen LogP contribution in [0.1, 0.15) is 34.9 Å². The minimum Gasteiger partial charge on any atom is -0.481 e. The lowest BCUT2D eigenvalue weighted by molar-refractivity contribution is 0.100. The number of ether oxygens (including phenoxy) is 1. The van der Waals surface area contributed by atoms with E-state index in [9.17, 15) is 9.70 Å². The van der Waals surface area contributed by atoms with Crippen molar-refractivity contribution in [3.8, 4) is 5.88 Å². The summed E-state index contributed by atoms with van der Waals surface area (Å²) in [5, 5.41) is 7.65. The van der Waals surface area contributed by atoms with Crippen molar-refractivity contribution in [2.75, 3.05) is 13.7 Å². The maximum Gasteiger partial charge on any atom is 0.316 e. The van der Waals surface area contributed by atoms with Crippen LogP contribution in [-0.4, -0.2) is 24.5 Å². The largest absolute Gasteiger partial charge is 0.481 e. The van der Waals surface area contributed by atoms with Crippen LogP contribution in [0.4, 0.5) is 0 Å². The molecule has 2 aromatic rings. The normalized spacial score (nSPS) is 17.9. The summed E-state index contributed by atoms with van der Waals surface area (Å²) in [7, 11) is 1.56. The summed E-state index contributed by atoms with van der Waals surface area (Å²) in [6.07, 6.45) is 2.13. The predicted octanol–water partition coefficient (Wildman–Crippen LogP) is 2.57. The molecule has 1 N–H and O–H groups in total. The second-order valence-electron chi connectivity index (χ2n) is 5.03. The molecule has 1 fully saturated rings. The van der Waals surface area contributed by atoms with Gasteiger partial charge in [-0.25, -0.2) is 4.98 Å². The first-order valence-corrected chi connectivity index (χ1v) is 6.82. The number of amides is 1. The third kappa shape index (κ3) is 2.50. The van der Waals surface area contributed by atoms with Gasteiger partial charge in [-0.1, -0.05) is 6.07 Å². The van der Waals surface area contributed by atoms with Gasteiger partial charge in [0.1, 0.15) is 0 Å². The van der Waals surface area contributed by atoms with Crippen LogP contribution in [0.25, 0.3) is 10.8 Å². The van der Waals surface area contributed by atoms with E-state index in [1.807, 2.05) is 6.07 Å². The molecule has 0 aliphatic carbocycles. The average Bonchev–Trinajstić information content (AvgIpc) is 3.06. The van der Waals surface area contributed by atoms with Gasteiger partial charge in [0.2, 0.25) is 5.88 Å². The highest BCUT2D eigenvalue weighted by atomic mass is 16.5. The van der Waals surface area contributed by atoms with Gasteiger partial charge in [0.05, 0.1) is 18.8 Å². The molecule has 3 rings (SSSR count). The van der Waals surface area contributed by atoms with E-state index in [-0.39, 0.29) is 11.6 Å². The van der Waals surface area contributed by atoms with Crippen molar-refractivity contribution in [2.24, 2.45) is 5.18 Å². The van der Waals surface area contributed by atoms with Gasteiger partial charge in [0.15, 0.2) is 0 Å². The number of hydrogen-bond donors (Lipinski definition) is 1. The first kappa shape index (κ1) is 13.6. The quantitative estimate of drug-likeness (QED) is 0.877. The molecule has 0 spiro atoms. The molecule has 6 heteroatoms. The SMILES string of the molecule is COc1cc2cc(C(=O)N=O)ccc2c(C2CCCN2)n1. The van der Waals surface area contributed by atoms with Crippen LogP contribution in [0.5, 0.6) is 5.88 Å². The van der Waals surface area contributed by atoms with Gasteiger partial charge >= 0.3 is 5.91 Å². The molecule has 1 atom stereocenters. The number of carbonyl (C=O) groups is 1. The summed E-state index contributed by atoms with van der Waals surface area (Å²) in [6.45, 7) is 0.969. The highest BCUT2D eigenvalue weighted by Crippen LogP contribution is 2.31. The Balaban J connectivity index is 2.17. The number of nitroso groups, excluding NO2 is 1. The number of nitrogens with one attached hydrogen (secondary N) is 1. The highest BCUT2D eigenvalue weighted by Gasteiger charge is 2.21. The molecular weight excluding hydrogens is 270 g/mol. The fourth-order valence-electron chi connectivity index (χ4n) is 2.73. The number of fused-ring (bicyclic) bond motifs is 1. The number of carbonyl (C=O) groups excluding carboxylic acids is 1. The second-order valence-corrected chi connectivity index (χ2v) is 5.03. The third-order valence-corrected chi connectivity index (χ3v) is 3.77. The lowest BCUT2D eigenvalue weighted by Crippen LogP contribution is -2.15. The summed E-state index contributed by atoms with van der Waals surface area (Å²) in [4.78, 5) is 26.3. The van der Waals surface area contributed by atoms with Crippen molar-refractivity contribution in [3.05, 3.63) is 40.4 Å². The van der Waals surface area contributed by atoms with Gasteiger partial charge in [-0.15, -0.1) is 4.91 Å². The number of rotatable bonds is 3. The number of nitrogens with zero attached hydrogens (tertiary/aromatic N) is 2. The smallest absolute Gasteiger partial charge is 0.316 e. The van der Waals surface area contributed by atoms with E-state index >= 15 is 0 Å². The topological polar surface area (TPSA) is 80.6 Å². The van der Waals surface area contributed by atoms with Crippen LogP contribution in [0.3, 0.4) is 0 Å². The van der Waals surface area contributed by atoms with E-state index in [2.05, 4.69) is 15.5 Å². The maximum atomic E-state index is 11.4.